The quantitative estimate of drug-likeness (QED) is 0.735. The van der Waals surface area contributed by atoms with Crippen LogP contribution < -0.4 is 0 Å². The maximum Gasteiger partial charge on any atom is 0.198 e. The second-order valence-electron chi connectivity index (χ2n) is 7.91. The molecule has 0 aliphatic heterocycles. The minimum Gasteiger partial charge on any atom is -0.412 e. The molecule has 3 heteroatoms. The van der Waals surface area contributed by atoms with E-state index < -0.39 is 8.32 Å². The Balaban J connectivity index is 2.16. The summed E-state index contributed by atoms with van der Waals surface area (Å²) in [4.78, 5) is 0. The Morgan fingerprint density at radius 3 is 2.23 bits per heavy atom. The van der Waals surface area contributed by atoms with E-state index >= 15 is 0 Å². The SMILES string of the molecule is CC(C)(C)[Si@@](C)(OCc1ccccc1CO)C1CCCCC1. The lowest BCUT2D eigenvalue weighted by atomic mass is 10.0. The van der Waals surface area contributed by atoms with Gasteiger partial charge >= 0.3 is 0 Å². The van der Waals surface area contributed by atoms with Crippen LogP contribution in [0.2, 0.25) is 17.1 Å². The molecule has 1 aliphatic rings. The van der Waals surface area contributed by atoms with Crippen LogP contribution in [-0.2, 0) is 17.6 Å². The third kappa shape index (κ3) is 3.81. The number of rotatable bonds is 5. The molecular formula is C19H32O2Si. The van der Waals surface area contributed by atoms with Crippen LogP contribution in [0.15, 0.2) is 24.3 Å². The molecule has 22 heavy (non-hydrogen) atoms. The zero-order valence-corrected chi connectivity index (χ0v) is 15.7. The second kappa shape index (κ2) is 7.29. The normalized spacial score (nSPS) is 19.9. The lowest BCUT2D eigenvalue weighted by molar-refractivity contribution is 0.242. The summed E-state index contributed by atoms with van der Waals surface area (Å²) in [6.07, 6.45) is 6.78. The van der Waals surface area contributed by atoms with E-state index in [1.165, 1.54) is 32.1 Å². The third-order valence-corrected chi connectivity index (χ3v) is 11.5. The largest absolute Gasteiger partial charge is 0.412 e. The summed E-state index contributed by atoms with van der Waals surface area (Å²) in [7, 11) is -1.85. The van der Waals surface area contributed by atoms with Gasteiger partial charge in [0.15, 0.2) is 8.32 Å². The van der Waals surface area contributed by atoms with Crippen molar-refractivity contribution in [3.8, 4) is 0 Å². The van der Waals surface area contributed by atoms with Crippen LogP contribution in [0, 0.1) is 0 Å². The highest BCUT2D eigenvalue weighted by molar-refractivity contribution is 6.76. The molecule has 0 radical (unpaired) electrons. The van der Waals surface area contributed by atoms with Crippen molar-refractivity contribution in [1.29, 1.82) is 0 Å². The van der Waals surface area contributed by atoms with Crippen molar-refractivity contribution < 1.29 is 9.53 Å². The Hall–Kier alpha value is -0.643. The molecule has 0 aromatic heterocycles. The molecule has 0 saturated heterocycles. The first-order chi connectivity index (χ1) is 10.4. The van der Waals surface area contributed by atoms with E-state index in [0.29, 0.717) is 6.61 Å². The third-order valence-electron chi connectivity index (χ3n) is 5.69. The maximum absolute atomic E-state index is 9.51. The summed E-state index contributed by atoms with van der Waals surface area (Å²) >= 11 is 0. The fourth-order valence-electron chi connectivity index (χ4n) is 3.68. The monoisotopic (exact) mass is 320 g/mol. The minimum atomic E-state index is -1.85. The van der Waals surface area contributed by atoms with Gasteiger partial charge in [-0.3, -0.25) is 0 Å². The van der Waals surface area contributed by atoms with Crippen LogP contribution >= 0.6 is 0 Å². The molecule has 1 aromatic carbocycles. The van der Waals surface area contributed by atoms with Crippen molar-refractivity contribution in [1.82, 2.24) is 0 Å². The van der Waals surface area contributed by atoms with E-state index in [0.717, 1.165) is 16.7 Å². The van der Waals surface area contributed by atoms with Gasteiger partial charge in [0.1, 0.15) is 0 Å². The van der Waals surface area contributed by atoms with Crippen LogP contribution in [-0.4, -0.2) is 13.4 Å². The van der Waals surface area contributed by atoms with E-state index in [9.17, 15) is 5.11 Å². The van der Waals surface area contributed by atoms with Gasteiger partial charge in [-0.05, 0) is 28.3 Å². The fourth-order valence-corrected chi connectivity index (χ4v) is 7.54. The molecule has 0 unspecified atom stereocenters. The molecule has 1 aromatic rings. The van der Waals surface area contributed by atoms with E-state index in [-0.39, 0.29) is 11.6 Å². The summed E-state index contributed by atoms with van der Waals surface area (Å²) in [5, 5.41) is 9.75. The predicted molar refractivity (Wildman–Crippen MR) is 95.3 cm³/mol. The Morgan fingerprint density at radius 2 is 1.68 bits per heavy atom. The molecule has 124 valence electrons. The highest BCUT2D eigenvalue weighted by Crippen LogP contribution is 2.50. The van der Waals surface area contributed by atoms with Gasteiger partial charge in [0.25, 0.3) is 0 Å². The lowest BCUT2D eigenvalue weighted by Gasteiger charge is -2.46. The van der Waals surface area contributed by atoms with Crippen molar-refractivity contribution >= 4 is 8.32 Å². The zero-order valence-electron chi connectivity index (χ0n) is 14.7. The molecule has 0 bridgehead atoms. The lowest BCUT2D eigenvalue weighted by Crippen LogP contribution is -2.49. The van der Waals surface area contributed by atoms with Crippen molar-refractivity contribution in [3.05, 3.63) is 35.4 Å². The van der Waals surface area contributed by atoms with Crippen molar-refractivity contribution in [2.24, 2.45) is 0 Å². The Labute approximate surface area is 137 Å². The first-order valence-electron chi connectivity index (χ1n) is 8.70. The fraction of sp³-hybridized carbons (Fsp3) is 0.684. The molecule has 1 fully saturated rings. The number of hydrogen-bond acceptors (Lipinski definition) is 2. The smallest absolute Gasteiger partial charge is 0.198 e. The van der Waals surface area contributed by atoms with Crippen molar-refractivity contribution in [3.63, 3.8) is 0 Å². The molecule has 1 saturated carbocycles. The molecule has 0 amide bonds. The van der Waals surface area contributed by atoms with Crippen LogP contribution in [0.5, 0.6) is 0 Å². The zero-order chi connectivity index (χ0) is 16.2. The number of aliphatic hydroxyl groups is 1. The summed E-state index contributed by atoms with van der Waals surface area (Å²) in [6.45, 7) is 10.2. The maximum atomic E-state index is 9.51. The van der Waals surface area contributed by atoms with Crippen LogP contribution in [0.3, 0.4) is 0 Å². The summed E-state index contributed by atoms with van der Waals surface area (Å²) in [5.74, 6) is 0. The molecule has 1 atom stereocenters. The van der Waals surface area contributed by atoms with Crippen molar-refractivity contribution in [2.75, 3.05) is 0 Å². The average molecular weight is 321 g/mol. The average Bonchev–Trinajstić information content (AvgIpc) is 2.52. The Kier molecular flexibility index (Phi) is 5.86. The molecule has 2 nitrogen and oxygen atoms in total. The molecule has 2 rings (SSSR count). The van der Waals surface area contributed by atoms with Gasteiger partial charge < -0.3 is 9.53 Å². The first-order valence-corrected chi connectivity index (χ1v) is 11.2. The Morgan fingerprint density at radius 1 is 1.09 bits per heavy atom. The molecule has 1 aliphatic carbocycles. The van der Waals surface area contributed by atoms with Crippen molar-refractivity contribution in [2.45, 2.75) is 83.2 Å². The second-order valence-corrected chi connectivity index (χ2v) is 12.7. The van der Waals surface area contributed by atoms with Gasteiger partial charge in [-0.1, -0.05) is 77.1 Å². The van der Waals surface area contributed by atoms with Crippen LogP contribution in [0.1, 0.15) is 64.0 Å². The van der Waals surface area contributed by atoms with E-state index in [4.69, 9.17) is 4.43 Å². The highest BCUT2D eigenvalue weighted by Gasteiger charge is 2.48. The predicted octanol–water partition coefficient (Wildman–Crippen LogP) is 5.41. The van der Waals surface area contributed by atoms with Crippen LogP contribution in [0.4, 0.5) is 0 Å². The first kappa shape index (κ1) is 17.7. The van der Waals surface area contributed by atoms with E-state index in [1.807, 2.05) is 18.2 Å². The molecule has 0 heterocycles. The summed E-state index contributed by atoms with van der Waals surface area (Å²) < 4.78 is 6.69. The topological polar surface area (TPSA) is 29.5 Å². The summed E-state index contributed by atoms with van der Waals surface area (Å²) in [5.41, 5.74) is 2.91. The van der Waals surface area contributed by atoms with E-state index in [2.05, 4.69) is 33.4 Å². The van der Waals surface area contributed by atoms with Gasteiger partial charge in [-0.2, -0.15) is 0 Å². The van der Waals surface area contributed by atoms with Gasteiger partial charge in [-0.25, -0.2) is 0 Å². The minimum absolute atomic E-state index is 0.0940. The van der Waals surface area contributed by atoms with Gasteiger partial charge in [0.2, 0.25) is 0 Å². The molecular weight excluding hydrogens is 288 g/mol. The molecule has 1 N–H and O–H groups in total. The highest BCUT2D eigenvalue weighted by atomic mass is 28.4. The van der Waals surface area contributed by atoms with Gasteiger partial charge in [-0.15, -0.1) is 0 Å². The standard InChI is InChI=1S/C19H32O2Si/c1-19(2,3)22(4,18-12-6-5-7-13-18)21-15-17-11-9-8-10-16(17)14-20/h8-11,18,20H,5-7,12-15H2,1-4H3/t22-/m0/s1. The number of aliphatic hydroxyl groups excluding tert-OH is 1. The summed E-state index contributed by atoms with van der Waals surface area (Å²) in [6, 6.07) is 8.10. The van der Waals surface area contributed by atoms with Gasteiger partial charge in [0.05, 0.1) is 13.2 Å². The van der Waals surface area contributed by atoms with Crippen LogP contribution in [0.25, 0.3) is 0 Å². The van der Waals surface area contributed by atoms with E-state index in [1.54, 1.807) is 0 Å². The van der Waals surface area contributed by atoms with Gasteiger partial charge in [0, 0.05) is 0 Å². The Bertz CT molecular complexity index is 475. The number of hydrogen-bond donors (Lipinski definition) is 1. The number of benzene rings is 1. The molecule has 0 spiro atoms.